The van der Waals surface area contributed by atoms with Crippen LogP contribution in [0.2, 0.25) is 0 Å². The normalized spacial score (nSPS) is 13.7. The molecule has 0 aliphatic heterocycles. The van der Waals surface area contributed by atoms with Gasteiger partial charge in [-0.2, -0.15) is 0 Å². The van der Waals surface area contributed by atoms with E-state index in [1.165, 1.54) is 89.0 Å². The highest BCUT2D eigenvalue weighted by atomic mass is 14.5. The number of fused-ring (bicyclic) bond motifs is 2. The van der Waals surface area contributed by atoms with Crippen LogP contribution in [-0.4, -0.2) is 0 Å². The predicted molar refractivity (Wildman–Crippen MR) is 218 cm³/mol. The van der Waals surface area contributed by atoms with Crippen molar-refractivity contribution in [1.82, 2.24) is 0 Å². The van der Waals surface area contributed by atoms with E-state index in [2.05, 4.69) is 187 Å². The highest BCUT2D eigenvalue weighted by Gasteiger charge is 2.45. The zero-order valence-electron chi connectivity index (χ0n) is 30.9. The van der Waals surface area contributed by atoms with Crippen LogP contribution in [0.3, 0.4) is 0 Å². The standard InChI is InChI=1S/C51H48/c1-33(2)37-11-7-13-39(27-37)47-17-9-15-41-29-45(31-49(41)47)51(43-23-19-35(5)20-24-43,44-25-21-36(6)22-26-44)46-30-42-16-10-18-48(50(42)32-46)40-14-8-12-38(28-40)34(3)4/h7-28,31-34H,29-30H2,1-6H3. The molecule has 252 valence electrons. The molecule has 0 heterocycles. The van der Waals surface area contributed by atoms with Gasteiger partial charge in [-0.3, -0.25) is 0 Å². The molecule has 2 aliphatic rings. The molecule has 0 unspecified atom stereocenters. The first-order valence-electron chi connectivity index (χ1n) is 18.7. The molecule has 6 aromatic rings. The molecule has 0 nitrogen and oxygen atoms in total. The fraction of sp³-hybridized carbons (Fsp3) is 0.216. The Labute approximate surface area is 305 Å². The molecule has 0 saturated carbocycles. The van der Waals surface area contributed by atoms with Gasteiger partial charge in [0.2, 0.25) is 0 Å². The lowest BCUT2D eigenvalue weighted by Gasteiger charge is -2.39. The molecule has 0 fully saturated rings. The van der Waals surface area contributed by atoms with E-state index in [0.717, 1.165) is 12.8 Å². The second-order valence-electron chi connectivity index (χ2n) is 15.5. The molecule has 0 saturated heterocycles. The number of hydrogen-bond donors (Lipinski definition) is 0. The molecule has 0 radical (unpaired) electrons. The van der Waals surface area contributed by atoms with Crippen molar-refractivity contribution in [3.05, 3.63) is 200 Å². The lowest BCUT2D eigenvalue weighted by atomic mass is 9.63. The van der Waals surface area contributed by atoms with E-state index in [-0.39, 0.29) is 0 Å². The van der Waals surface area contributed by atoms with Crippen molar-refractivity contribution >= 4 is 12.2 Å². The van der Waals surface area contributed by atoms with Gasteiger partial charge < -0.3 is 0 Å². The lowest BCUT2D eigenvalue weighted by Crippen LogP contribution is -2.33. The highest BCUT2D eigenvalue weighted by Crippen LogP contribution is 2.54. The number of allylic oxidation sites excluding steroid dienone is 2. The van der Waals surface area contributed by atoms with Crippen LogP contribution in [0, 0.1) is 13.8 Å². The second kappa shape index (κ2) is 13.2. The minimum Gasteiger partial charge on any atom is -0.0614 e. The molecule has 0 atom stereocenters. The van der Waals surface area contributed by atoms with Crippen molar-refractivity contribution in [3.63, 3.8) is 0 Å². The first-order chi connectivity index (χ1) is 24.7. The Balaban J connectivity index is 1.37. The molecule has 0 spiro atoms. The maximum Gasteiger partial charge on any atom is 0.0634 e. The van der Waals surface area contributed by atoms with Crippen LogP contribution >= 0.6 is 0 Å². The molecule has 0 heteroatoms. The van der Waals surface area contributed by atoms with Gasteiger partial charge in [0.25, 0.3) is 0 Å². The van der Waals surface area contributed by atoms with Crippen molar-refractivity contribution < 1.29 is 0 Å². The third kappa shape index (κ3) is 5.81. The molecule has 0 N–H and O–H groups in total. The molecular weight excluding hydrogens is 613 g/mol. The van der Waals surface area contributed by atoms with E-state index in [9.17, 15) is 0 Å². The fourth-order valence-electron chi connectivity index (χ4n) is 8.57. The van der Waals surface area contributed by atoms with Crippen molar-refractivity contribution in [1.29, 1.82) is 0 Å². The average molecular weight is 661 g/mol. The second-order valence-corrected chi connectivity index (χ2v) is 15.5. The molecule has 2 aliphatic carbocycles. The summed E-state index contributed by atoms with van der Waals surface area (Å²) in [5.74, 6) is 0.967. The van der Waals surface area contributed by atoms with Gasteiger partial charge in [0.05, 0.1) is 5.41 Å². The molecule has 0 bridgehead atoms. The molecule has 51 heavy (non-hydrogen) atoms. The number of hydrogen-bond acceptors (Lipinski definition) is 0. The summed E-state index contributed by atoms with van der Waals surface area (Å²) in [5, 5.41) is 0. The van der Waals surface area contributed by atoms with Gasteiger partial charge in [-0.1, -0.05) is 184 Å². The lowest BCUT2D eigenvalue weighted by molar-refractivity contribution is 0.684. The van der Waals surface area contributed by atoms with Crippen molar-refractivity contribution in [2.24, 2.45) is 0 Å². The van der Waals surface area contributed by atoms with Crippen molar-refractivity contribution in [2.75, 3.05) is 0 Å². The van der Waals surface area contributed by atoms with E-state index in [0.29, 0.717) is 11.8 Å². The Bertz CT molecular complexity index is 2140. The summed E-state index contributed by atoms with van der Waals surface area (Å²) in [6.45, 7) is 13.5. The Kier molecular flexibility index (Phi) is 8.51. The SMILES string of the molecule is Cc1ccc(C(C2=Cc3c(cccc3-c3cccc(C(C)C)c3)C2)(C2=Cc3c(cccc3-c3cccc(C(C)C)c3)C2)c2ccc(C)cc2)cc1. The minimum atomic E-state index is -0.437. The van der Waals surface area contributed by atoms with E-state index < -0.39 is 5.41 Å². The van der Waals surface area contributed by atoms with E-state index >= 15 is 0 Å². The first kappa shape index (κ1) is 33.0. The van der Waals surface area contributed by atoms with Crippen LogP contribution in [0.4, 0.5) is 0 Å². The van der Waals surface area contributed by atoms with Crippen LogP contribution in [0.15, 0.2) is 145 Å². The average Bonchev–Trinajstić information content (AvgIpc) is 3.79. The third-order valence-electron chi connectivity index (χ3n) is 11.5. The van der Waals surface area contributed by atoms with Gasteiger partial charge in [0, 0.05) is 0 Å². The monoisotopic (exact) mass is 660 g/mol. The van der Waals surface area contributed by atoms with Gasteiger partial charge in [-0.05, 0) is 116 Å². The molecule has 0 aromatic heterocycles. The van der Waals surface area contributed by atoms with Crippen molar-refractivity contribution in [2.45, 2.75) is 71.6 Å². The van der Waals surface area contributed by atoms with Crippen LogP contribution in [-0.2, 0) is 18.3 Å². The summed E-state index contributed by atoms with van der Waals surface area (Å²) in [6.07, 6.45) is 6.93. The topological polar surface area (TPSA) is 0 Å². The largest absolute Gasteiger partial charge is 0.0634 e. The summed E-state index contributed by atoms with van der Waals surface area (Å²) < 4.78 is 0. The smallest absolute Gasteiger partial charge is 0.0614 e. The van der Waals surface area contributed by atoms with E-state index in [4.69, 9.17) is 0 Å². The van der Waals surface area contributed by atoms with E-state index in [1.54, 1.807) is 0 Å². The maximum atomic E-state index is 2.56. The van der Waals surface area contributed by atoms with Gasteiger partial charge in [-0.15, -0.1) is 0 Å². The summed E-state index contributed by atoms with van der Waals surface area (Å²) >= 11 is 0. The maximum absolute atomic E-state index is 2.56. The Morgan fingerprint density at radius 3 is 1.24 bits per heavy atom. The summed E-state index contributed by atoms with van der Waals surface area (Å²) in [7, 11) is 0. The van der Waals surface area contributed by atoms with E-state index in [1.807, 2.05) is 0 Å². The highest BCUT2D eigenvalue weighted by molar-refractivity contribution is 5.87. The molecule has 6 aromatic carbocycles. The number of aryl methyl sites for hydroxylation is 2. The van der Waals surface area contributed by atoms with Gasteiger partial charge in [0.15, 0.2) is 0 Å². The fourth-order valence-corrected chi connectivity index (χ4v) is 8.57. The van der Waals surface area contributed by atoms with Gasteiger partial charge in [-0.25, -0.2) is 0 Å². The van der Waals surface area contributed by atoms with Gasteiger partial charge >= 0.3 is 0 Å². The summed E-state index contributed by atoms with van der Waals surface area (Å²) in [5.41, 5.74) is 21.2. The zero-order valence-corrected chi connectivity index (χ0v) is 30.9. The number of benzene rings is 6. The zero-order chi connectivity index (χ0) is 35.3. The van der Waals surface area contributed by atoms with Crippen LogP contribution in [0.5, 0.6) is 0 Å². The van der Waals surface area contributed by atoms with Gasteiger partial charge in [0.1, 0.15) is 0 Å². The third-order valence-corrected chi connectivity index (χ3v) is 11.5. The van der Waals surface area contributed by atoms with Crippen molar-refractivity contribution in [3.8, 4) is 22.3 Å². The van der Waals surface area contributed by atoms with Crippen LogP contribution < -0.4 is 0 Å². The minimum absolute atomic E-state index is 0.437. The Morgan fingerprint density at radius 2 is 0.843 bits per heavy atom. The summed E-state index contributed by atoms with van der Waals surface area (Å²) in [6, 6.07) is 50.9. The molecule has 8 rings (SSSR count). The first-order valence-corrected chi connectivity index (χ1v) is 18.7. The van der Waals surface area contributed by atoms with Crippen LogP contribution in [0.1, 0.15) is 95.2 Å². The Hall–Kier alpha value is -5.20. The van der Waals surface area contributed by atoms with Crippen LogP contribution in [0.25, 0.3) is 34.4 Å². The number of rotatable bonds is 8. The molecular formula is C51H48. The molecule has 0 amide bonds. The predicted octanol–water partition coefficient (Wildman–Crippen LogP) is 13.4. The summed E-state index contributed by atoms with van der Waals surface area (Å²) in [4.78, 5) is 0. The Morgan fingerprint density at radius 1 is 0.451 bits per heavy atom. The quantitative estimate of drug-likeness (QED) is 0.152.